The smallest absolute Gasteiger partial charge is 0.146 e. The average molecular weight is 213 g/mol. The molecule has 1 N–H and O–H groups in total. The molecule has 0 spiro atoms. The van der Waals surface area contributed by atoms with Gasteiger partial charge in [-0.3, -0.25) is 4.99 Å². The molecule has 1 heterocycles. The normalized spacial score (nSPS) is 28.9. The highest BCUT2D eigenvalue weighted by Crippen LogP contribution is 2.15. The average Bonchev–Trinajstić information content (AvgIpc) is 2.05. The molecule has 0 unspecified atom stereocenters. The van der Waals surface area contributed by atoms with Gasteiger partial charge in [-0.15, -0.1) is 0 Å². The van der Waals surface area contributed by atoms with E-state index in [4.69, 9.17) is 4.74 Å². The van der Waals surface area contributed by atoms with Crippen LogP contribution in [0.5, 0.6) is 0 Å². The van der Waals surface area contributed by atoms with Crippen LogP contribution in [0.1, 0.15) is 34.1 Å². The molecule has 0 saturated carbocycles. The molecule has 1 rings (SSSR count). The fraction of sp³-hybridized carbons (Fsp3) is 0.909. The number of nitrogens with zero attached hydrogens (tertiary/aromatic N) is 1. The van der Waals surface area contributed by atoms with Crippen LogP contribution in [0.4, 0.5) is 0 Å². The van der Waals surface area contributed by atoms with Crippen LogP contribution in [0, 0.1) is 5.92 Å². The van der Waals surface area contributed by atoms with Crippen molar-refractivity contribution in [3.8, 4) is 0 Å². The third-order valence-electron chi connectivity index (χ3n) is 2.45. The predicted molar refractivity (Wildman–Crippen MR) is 58.7 cm³/mol. The summed E-state index contributed by atoms with van der Waals surface area (Å²) in [6.07, 6.45) is 0.625. The molecule has 88 valence electrons. The lowest BCUT2D eigenvalue weighted by Gasteiger charge is -2.32. The molecule has 0 bridgehead atoms. The van der Waals surface area contributed by atoms with E-state index in [1.165, 1.54) is 0 Å². The maximum absolute atomic E-state index is 11.5. The number of nitrogens with one attached hydrogen (secondary N) is 1. The number of hydrogen-bond donors (Lipinski definition) is 1. The Hall–Kier alpha value is -0.770. The van der Waals surface area contributed by atoms with E-state index in [0.29, 0.717) is 5.92 Å². The van der Waals surface area contributed by atoms with Gasteiger partial charge in [-0.2, -0.15) is 0 Å². The molecule has 4 nitrogen and oxygen atoms in total. The van der Waals surface area contributed by atoms with Crippen LogP contribution in [-0.4, -0.2) is 30.8 Å². The van der Waals surface area contributed by atoms with Crippen molar-refractivity contribution in [1.29, 1.82) is 0 Å². The molecule has 0 amide bonds. The Kier molecular flexibility index (Phi) is 3.97. The lowest BCUT2D eigenvalue weighted by Crippen LogP contribution is -2.41. The van der Waals surface area contributed by atoms with Crippen molar-refractivity contribution in [3.05, 3.63) is 0 Å². The van der Waals surface area contributed by atoms with Crippen molar-refractivity contribution in [2.45, 2.75) is 45.8 Å². The zero-order valence-electron chi connectivity index (χ0n) is 10.0. The zero-order valence-corrected chi connectivity index (χ0v) is 10.0. The Morgan fingerprint density at radius 1 is 1.47 bits per heavy atom. The molecule has 1 saturated heterocycles. The molecule has 0 aromatic carbocycles. The van der Waals surface area contributed by atoms with E-state index in [-0.39, 0.29) is 6.04 Å². The first-order valence-electron chi connectivity index (χ1n) is 5.53. The van der Waals surface area contributed by atoms with E-state index < -0.39 is 11.7 Å². The zero-order chi connectivity index (χ0) is 11.5. The highest BCUT2D eigenvalue weighted by molar-refractivity contribution is 5.62. The second-order valence-electron chi connectivity index (χ2n) is 5.15. The minimum Gasteiger partial charge on any atom is -0.595 e. The van der Waals surface area contributed by atoms with E-state index in [1.54, 1.807) is 0 Å². The Labute approximate surface area is 91.7 Å². The van der Waals surface area contributed by atoms with Crippen molar-refractivity contribution >= 4 is 6.08 Å². The molecule has 0 aliphatic carbocycles. The second-order valence-corrected chi connectivity index (χ2v) is 5.15. The number of aliphatic imine (C=N–C) groups is 1. The number of piperidine rings is 1. The Morgan fingerprint density at radius 3 is 2.67 bits per heavy atom. The fourth-order valence-corrected chi connectivity index (χ4v) is 1.57. The predicted octanol–water partition coefficient (Wildman–Crippen LogP) is 0.516. The molecule has 0 radical (unpaired) electrons. The van der Waals surface area contributed by atoms with E-state index in [9.17, 15) is 5.11 Å². The molecular formula is C11H21N2O2-. The van der Waals surface area contributed by atoms with Gasteiger partial charge >= 0.3 is 0 Å². The van der Waals surface area contributed by atoms with Gasteiger partial charge in [0, 0.05) is 12.1 Å². The Bertz CT molecular complexity index is 233. The lowest BCUT2D eigenvalue weighted by atomic mass is 9.95. The van der Waals surface area contributed by atoms with E-state index >= 15 is 0 Å². The third kappa shape index (κ3) is 4.51. The van der Waals surface area contributed by atoms with Crippen molar-refractivity contribution in [3.63, 3.8) is 0 Å². The molecule has 4 heteroatoms. The van der Waals surface area contributed by atoms with Crippen LogP contribution in [0.25, 0.3) is 0 Å². The fourth-order valence-electron chi connectivity index (χ4n) is 1.57. The van der Waals surface area contributed by atoms with Crippen molar-refractivity contribution in [2.24, 2.45) is 10.9 Å². The molecule has 0 aromatic heterocycles. The lowest BCUT2D eigenvalue weighted by molar-refractivity contribution is -0.261. The summed E-state index contributed by atoms with van der Waals surface area (Å²) >= 11 is 0. The summed E-state index contributed by atoms with van der Waals surface area (Å²) in [7, 11) is 0. The molecule has 1 aliphatic heterocycles. The van der Waals surface area contributed by atoms with Crippen molar-refractivity contribution in [1.82, 2.24) is 5.32 Å². The van der Waals surface area contributed by atoms with Crippen molar-refractivity contribution in [2.75, 3.05) is 13.1 Å². The summed E-state index contributed by atoms with van der Waals surface area (Å²) in [6.45, 7) is 9.47. The highest BCUT2D eigenvalue weighted by atomic mass is 16.6. The van der Waals surface area contributed by atoms with Crippen LogP contribution in [0.15, 0.2) is 4.99 Å². The van der Waals surface area contributed by atoms with Crippen molar-refractivity contribution < 1.29 is 9.84 Å². The Morgan fingerprint density at radius 2 is 2.13 bits per heavy atom. The van der Waals surface area contributed by atoms with Crippen LogP contribution in [0.3, 0.4) is 0 Å². The summed E-state index contributed by atoms with van der Waals surface area (Å²) < 4.78 is 5.16. The Balaban J connectivity index is 2.53. The molecule has 1 fully saturated rings. The van der Waals surface area contributed by atoms with Gasteiger partial charge in [0.2, 0.25) is 0 Å². The number of hydrogen-bond acceptors (Lipinski definition) is 4. The summed E-state index contributed by atoms with van der Waals surface area (Å²) in [5.41, 5.74) is -0.452. The minimum absolute atomic E-state index is 0.0635. The van der Waals surface area contributed by atoms with Crippen LogP contribution < -0.4 is 10.4 Å². The SMILES string of the molecule is C[C@@H]1CCNC[C@H]1N=C([O-])OC(C)(C)C. The van der Waals surface area contributed by atoms with E-state index in [0.717, 1.165) is 19.5 Å². The molecular weight excluding hydrogens is 192 g/mol. The summed E-state index contributed by atoms with van der Waals surface area (Å²) in [6, 6.07) is 0.0635. The van der Waals surface area contributed by atoms with Gasteiger partial charge in [-0.25, -0.2) is 0 Å². The van der Waals surface area contributed by atoms with E-state index in [1.807, 2.05) is 20.8 Å². The maximum atomic E-state index is 11.5. The standard InChI is InChI=1S/C11H22N2O2/c1-8-5-6-12-7-9(8)13-10(14)15-11(2,3)4/h8-9,12H,5-7H2,1-4H3,(H,13,14)/p-1/t8-,9-/m1/s1. The summed E-state index contributed by atoms with van der Waals surface area (Å²) in [4.78, 5) is 4.08. The van der Waals surface area contributed by atoms with Crippen LogP contribution in [-0.2, 0) is 4.74 Å². The number of rotatable bonds is 1. The third-order valence-corrected chi connectivity index (χ3v) is 2.45. The van der Waals surface area contributed by atoms with Gasteiger partial charge < -0.3 is 15.2 Å². The molecule has 15 heavy (non-hydrogen) atoms. The first-order valence-corrected chi connectivity index (χ1v) is 5.53. The first-order chi connectivity index (χ1) is 6.88. The van der Waals surface area contributed by atoms with Gasteiger partial charge in [0.15, 0.2) is 0 Å². The monoisotopic (exact) mass is 213 g/mol. The summed E-state index contributed by atoms with van der Waals surface area (Å²) in [5, 5.41) is 14.7. The quantitative estimate of drug-likeness (QED) is 0.510. The maximum Gasteiger partial charge on any atom is 0.146 e. The van der Waals surface area contributed by atoms with Gasteiger partial charge in [0.1, 0.15) is 6.08 Å². The molecule has 2 atom stereocenters. The highest BCUT2D eigenvalue weighted by Gasteiger charge is 2.20. The minimum atomic E-state index is -0.452. The van der Waals surface area contributed by atoms with Gasteiger partial charge in [0.25, 0.3) is 0 Å². The van der Waals surface area contributed by atoms with Crippen LogP contribution in [0.2, 0.25) is 0 Å². The first kappa shape index (κ1) is 12.3. The number of ether oxygens (including phenoxy) is 1. The largest absolute Gasteiger partial charge is 0.595 e. The van der Waals surface area contributed by atoms with Gasteiger partial charge in [-0.1, -0.05) is 27.7 Å². The van der Waals surface area contributed by atoms with Gasteiger partial charge in [0.05, 0.1) is 6.04 Å². The van der Waals surface area contributed by atoms with Gasteiger partial charge in [-0.05, 0) is 18.9 Å². The molecule has 0 aromatic rings. The summed E-state index contributed by atoms with van der Waals surface area (Å²) in [5.74, 6) is 0.457. The van der Waals surface area contributed by atoms with Crippen LogP contribution >= 0.6 is 0 Å². The van der Waals surface area contributed by atoms with E-state index in [2.05, 4.69) is 17.2 Å². The second kappa shape index (κ2) is 4.84. The molecule has 1 aliphatic rings. The topological polar surface area (TPSA) is 56.7 Å².